The van der Waals surface area contributed by atoms with E-state index in [9.17, 15) is 20.4 Å². The van der Waals surface area contributed by atoms with Gasteiger partial charge in [0.2, 0.25) is 0 Å². The number of aryl methyl sites for hydroxylation is 1. The van der Waals surface area contributed by atoms with Crippen LogP contribution >= 0.6 is 11.3 Å². The third kappa shape index (κ3) is 4.37. The Morgan fingerprint density at radius 1 is 1.08 bits per heavy atom. The van der Waals surface area contributed by atoms with Crippen LogP contribution in [-0.4, -0.2) is 51.4 Å². The molecule has 5 atom stereocenters. The van der Waals surface area contributed by atoms with Crippen LogP contribution in [0.2, 0.25) is 0 Å². The molecular weight excluding hydrogens is 554 g/mol. The van der Waals surface area contributed by atoms with Crippen molar-refractivity contribution in [2.45, 2.75) is 43.9 Å². The van der Waals surface area contributed by atoms with E-state index >= 15 is 0 Å². The van der Waals surface area contributed by atoms with E-state index < -0.39 is 37.1 Å². The average molecular weight is 576 g/mol. The van der Waals surface area contributed by atoms with Gasteiger partial charge in [-0.3, -0.25) is 0 Å². The molecule has 1 aliphatic heterocycles. The number of hydrogen-bond acceptors (Lipinski definition) is 6. The Balaban J connectivity index is 1.88. The van der Waals surface area contributed by atoms with Gasteiger partial charge in [-0.1, -0.05) is 0 Å². The topological polar surface area (TPSA) is 90.2 Å². The second kappa shape index (κ2) is 8.47. The van der Waals surface area contributed by atoms with E-state index in [-0.39, 0.29) is 42.8 Å². The summed E-state index contributed by atoms with van der Waals surface area (Å²) in [4.78, 5) is 2.57. The van der Waals surface area contributed by atoms with Gasteiger partial charge < -0.3 is 0 Å². The van der Waals surface area contributed by atoms with Gasteiger partial charge in [0.15, 0.2) is 0 Å². The summed E-state index contributed by atoms with van der Waals surface area (Å²) in [7, 11) is 0. The zero-order chi connectivity index (χ0) is 18.1. The molecule has 25 heavy (non-hydrogen) atoms. The standard InChI is InChI=1S/C18H21O5S.Ra.H/c1-10-5-6-13(24-10)8-11-3-2-4-12(7-11)18-17(22)16(21)15(20)14(9-19)23-18;;/h2,4-7,14-22H,8-9H2,1H3;;/t14-,15-,16+,17-,18+;;/m1../s1. The molecule has 4 N–H and O–H groups in total. The second-order valence-electron chi connectivity index (χ2n) is 6.62. The van der Waals surface area contributed by atoms with Gasteiger partial charge in [0.1, 0.15) is 0 Å². The van der Waals surface area contributed by atoms with Crippen LogP contribution in [0.5, 0.6) is 0 Å². The molecule has 0 unspecified atom stereocenters. The predicted molar refractivity (Wildman–Crippen MR) is 92.1 cm³/mol. The van der Waals surface area contributed by atoms with Crippen molar-refractivity contribution in [3.63, 3.8) is 0 Å². The van der Waals surface area contributed by atoms with Crippen LogP contribution in [0.15, 0.2) is 30.3 Å². The molecule has 1 fully saturated rings. The molecule has 1 saturated heterocycles. The second-order valence-corrected chi connectivity index (χ2v) is 12.4. The van der Waals surface area contributed by atoms with Crippen molar-refractivity contribution in [2.24, 2.45) is 0 Å². The van der Waals surface area contributed by atoms with Crippen molar-refractivity contribution < 1.29 is 68.0 Å². The monoisotopic (exact) mass is 576 g/mol. The summed E-state index contributed by atoms with van der Waals surface area (Å²) in [6, 6.07) is 10.3. The minimum atomic E-state index is -1.35. The van der Waals surface area contributed by atoms with Gasteiger partial charge in [-0.2, -0.15) is 0 Å². The van der Waals surface area contributed by atoms with Crippen molar-refractivity contribution in [1.29, 1.82) is 0 Å². The molecule has 1 aliphatic rings. The third-order valence-electron chi connectivity index (χ3n) is 4.75. The average Bonchev–Trinajstić information content (AvgIpc) is 3.00. The zero-order valence-electron chi connectivity index (χ0n) is 14.3. The maximum atomic E-state index is 10.3. The Labute approximate surface area is 180 Å². The Kier molecular flexibility index (Phi) is 6.75. The molecule has 132 valence electrons. The van der Waals surface area contributed by atoms with Crippen LogP contribution in [0.3, 0.4) is 0 Å². The molecule has 1 aromatic heterocycles. The fourth-order valence-corrected chi connectivity index (χ4v) is 6.12. The Morgan fingerprint density at radius 2 is 1.84 bits per heavy atom. The number of hydrogen-bond donors (Lipinski definition) is 4. The van der Waals surface area contributed by atoms with Gasteiger partial charge in [0.05, 0.1) is 0 Å². The van der Waals surface area contributed by atoms with E-state index in [0.717, 1.165) is 12.0 Å². The molecule has 7 heteroatoms. The van der Waals surface area contributed by atoms with Crippen molar-refractivity contribution in [1.82, 2.24) is 0 Å². The molecule has 1 aromatic carbocycles. The van der Waals surface area contributed by atoms with E-state index in [1.165, 1.54) is 15.9 Å². The Bertz CT molecular complexity index is 732. The van der Waals surface area contributed by atoms with Gasteiger partial charge in [-0.15, -0.1) is 0 Å². The Morgan fingerprint density at radius 3 is 2.48 bits per heavy atom. The van der Waals surface area contributed by atoms with Crippen LogP contribution in [0.1, 0.15) is 27.0 Å². The van der Waals surface area contributed by atoms with Crippen LogP contribution < -0.4 is 0.604 Å². The van der Waals surface area contributed by atoms with Gasteiger partial charge in [0.25, 0.3) is 0 Å². The normalized spacial score (nSPS) is 29.7. The summed E-state index contributed by atoms with van der Waals surface area (Å²) in [6.45, 7) is 1.68. The molecule has 0 bridgehead atoms. The number of aliphatic hydroxyl groups excluding tert-OH is 4. The van der Waals surface area contributed by atoms with Gasteiger partial charge in [0, 0.05) is 0 Å². The first-order valence-corrected chi connectivity index (χ1v) is 13.3. The van der Waals surface area contributed by atoms with Crippen molar-refractivity contribution in [3.8, 4) is 0 Å². The molecule has 0 spiro atoms. The first-order chi connectivity index (χ1) is 11.9. The summed E-state index contributed by atoms with van der Waals surface area (Å²) in [5, 5.41) is 39.6. The summed E-state index contributed by atoms with van der Waals surface area (Å²) in [5.74, 6) is 0. The van der Waals surface area contributed by atoms with Crippen molar-refractivity contribution >= 4 is 11.9 Å². The van der Waals surface area contributed by atoms with E-state index in [1.54, 1.807) is 11.3 Å². The van der Waals surface area contributed by atoms with Crippen molar-refractivity contribution in [3.05, 3.63) is 51.2 Å². The molecule has 0 amide bonds. The van der Waals surface area contributed by atoms with Crippen LogP contribution in [0.25, 0.3) is 0 Å². The van der Waals surface area contributed by atoms with E-state index in [0.29, 0.717) is 0 Å². The Hall–Kier alpha value is 0.188. The molecule has 0 radical (unpaired) electrons. The molecule has 0 saturated carbocycles. The van der Waals surface area contributed by atoms with Gasteiger partial charge in [-0.25, -0.2) is 0 Å². The fraction of sp³-hybridized carbons (Fsp3) is 0.444. The number of rotatable bonds is 4. The molecule has 5 nitrogen and oxygen atoms in total. The molecular formula is C18H22O5RaS. The summed E-state index contributed by atoms with van der Waals surface area (Å²) in [6.07, 6.45) is -4.71. The SMILES string of the molecule is Cc1ccc(Cc2cc([C@@H]3O[C@H](CO)[C@@H](O)[C@H](O)[C@H]3O)cc[c]2[RaH])s1. The molecule has 2 aromatic rings. The maximum absolute atomic E-state index is 10.3. The minimum absolute atomic E-state index is 0.176. The van der Waals surface area contributed by atoms with Crippen LogP contribution in [0, 0.1) is 49.7 Å². The first kappa shape index (κ1) is 19.9. The zero-order valence-corrected chi connectivity index (χ0v) is 23.3. The predicted octanol–water partition coefficient (Wildman–Crippen LogP) is 0.0691. The summed E-state index contributed by atoms with van der Waals surface area (Å²) >= 11 is 1.95. The molecule has 3 rings (SSSR count). The molecule has 0 aliphatic carbocycles. The van der Waals surface area contributed by atoms with E-state index in [2.05, 4.69) is 25.1 Å². The number of thiophene rings is 1. The summed E-state index contributed by atoms with van der Waals surface area (Å²) in [5.41, 5.74) is 1.99. The number of benzene rings is 1. The quantitative estimate of drug-likeness (QED) is 0.414. The fourth-order valence-electron chi connectivity index (χ4n) is 3.20. The van der Waals surface area contributed by atoms with E-state index in [4.69, 9.17) is 4.74 Å². The number of ether oxygens (including phenoxy) is 1. The third-order valence-corrected chi connectivity index (χ3v) is 9.76. The van der Waals surface area contributed by atoms with Crippen LogP contribution in [0.4, 0.5) is 0 Å². The van der Waals surface area contributed by atoms with Crippen molar-refractivity contribution in [2.75, 3.05) is 6.61 Å². The first-order valence-electron chi connectivity index (χ1n) is 8.36. The number of aliphatic hydroxyl groups is 4. The van der Waals surface area contributed by atoms with Gasteiger partial charge in [-0.05, 0) is 0 Å². The van der Waals surface area contributed by atoms with Gasteiger partial charge >= 0.3 is 182 Å². The molecule has 2 heterocycles. The van der Waals surface area contributed by atoms with Crippen LogP contribution in [-0.2, 0) is 11.2 Å². The van der Waals surface area contributed by atoms with E-state index in [1.807, 2.05) is 12.1 Å². The summed E-state index contributed by atoms with van der Waals surface area (Å²) < 4.78 is 7.05.